The number of hydrogen-bond donors (Lipinski definition) is 3. The molecule has 0 unspecified atom stereocenters. The molecule has 135 heavy (non-hydrogen) atoms. The van der Waals surface area contributed by atoms with E-state index in [1.54, 1.807) is 82.1 Å². The van der Waals surface area contributed by atoms with E-state index in [0.29, 0.717) is 82.4 Å². The lowest BCUT2D eigenvalue weighted by atomic mass is 10.0. The molecule has 3 saturated heterocycles. The summed E-state index contributed by atoms with van der Waals surface area (Å²) in [6.07, 6.45) is 8.46. The molecule has 9 aromatic heterocycles. The number of rotatable bonds is 15. The summed E-state index contributed by atoms with van der Waals surface area (Å²) < 4.78 is 79.0. The molecule has 42 heteroatoms. The van der Waals surface area contributed by atoms with Crippen molar-refractivity contribution in [3.63, 3.8) is 0 Å². The highest BCUT2D eigenvalue weighted by Crippen LogP contribution is 2.52. The van der Waals surface area contributed by atoms with Gasteiger partial charge in [-0.25, -0.2) is 36.9 Å². The van der Waals surface area contributed by atoms with Gasteiger partial charge in [0.2, 0.25) is 17.7 Å². The summed E-state index contributed by atoms with van der Waals surface area (Å²) in [5, 5.41) is 57.9. The smallest absolute Gasteiger partial charge is 0.276 e. The Morgan fingerprint density at radius 1 is 0.378 bits per heavy atom. The van der Waals surface area contributed by atoms with Gasteiger partial charge in [0.05, 0.1) is 115 Å². The summed E-state index contributed by atoms with van der Waals surface area (Å²) in [5.74, 6) is -11.1. The molecule has 3 aliphatic rings. The zero-order valence-corrected chi connectivity index (χ0v) is 80.3. The Hall–Kier alpha value is -12.4. The molecule has 3 amide bonds. The molecule has 0 bridgehead atoms. The van der Waals surface area contributed by atoms with E-state index in [1.165, 1.54) is 50.1 Å². The summed E-state index contributed by atoms with van der Waals surface area (Å²) in [6, 6.07) is 15.5. The van der Waals surface area contributed by atoms with Crippen molar-refractivity contribution >= 4 is 184 Å². The predicted molar refractivity (Wildman–Crippen MR) is 514 cm³/mol. The van der Waals surface area contributed by atoms with Crippen molar-refractivity contribution in [2.45, 2.75) is 80.1 Å². The van der Waals surface area contributed by atoms with Crippen LogP contribution in [0, 0.1) is 83.9 Å². The first-order chi connectivity index (χ1) is 64.0. The SMILES string of the molecule is C=CC(=O)N1CCN(c2c(C#N)c(=O)n(-c3c(C)ccnc3C(C)C)c3nc(-c4c(Cl)c(O)c(Cl)c(F)c4Cl)c(Cl)cc23)CC1.C=CC(=O)N1CCN(c2c(C#N)c(=O)n(-c3c(C)ccnc3C(C)C)c3nc(-c4c(F)c(F)c(Cl)c(O)c4Cl)c(Cl)cc23)CC1.C=CC(=O)N1CCN(c2c(C#N)c(=O)n(-c3c(C)ccnc3C(C)C)c3nc(-c4c(F)c(F)c(Cl)c(O)c4Cl)c(Cl)cc23)CC1. The molecule has 0 atom stereocenters. The van der Waals surface area contributed by atoms with E-state index in [2.05, 4.69) is 50.7 Å². The van der Waals surface area contributed by atoms with Gasteiger partial charge in [-0.1, -0.05) is 177 Å². The van der Waals surface area contributed by atoms with Crippen LogP contribution in [-0.4, -0.2) is 170 Å². The molecule has 0 saturated carbocycles. The van der Waals surface area contributed by atoms with E-state index in [1.807, 2.05) is 58.6 Å². The number of anilines is 3. The first kappa shape index (κ1) is 100. The van der Waals surface area contributed by atoms with Gasteiger partial charge in [0.1, 0.15) is 66.9 Å². The number of nitriles is 3. The van der Waals surface area contributed by atoms with Gasteiger partial charge in [0.25, 0.3) is 16.7 Å². The maximum Gasteiger partial charge on any atom is 0.276 e. The number of benzene rings is 3. The molecule has 3 N–H and O–H groups in total. The molecule has 3 aliphatic heterocycles. The van der Waals surface area contributed by atoms with Crippen LogP contribution in [0.25, 0.3) is 83.9 Å². The molecular weight excluding hydrogens is 1960 g/mol. The van der Waals surface area contributed by atoms with E-state index in [9.17, 15) is 73.0 Å². The Morgan fingerprint density at radius 3 is 0.867 bits per heavy atom. The minimum atomic E-state index is -1.57. The van der Waals surface area contributed by atoms with Gasteiger partial charge in [-0.15, -0.1) is 0 Å². The lowest BCUT2D eigenvalue weighted by Gasteiger charge is -2.36. The maximum absolute atomic E-state index is 15.4. The predicted octanol–water partition coefficient (Wildman–Crippen LogP) is 20.1. The number of hydrogen-bond acceptors (Lipinski definition) is 21. The van der Waals surface area contributed by atoms with Gasteiger partial charge in [0, 0.05) is 119 Å². The van der Waals surface area contributed by atoms with Gasteiger partial charge >= 0.3 is 0 Å². The Bertz CT molecular complexity index is 6650. The quantitative estimate of drug-likeness (QED) is 0.0371. The molecule has 0 aliphatic carbocycles. The van der Waals surface area contributed by atoms with Gasteiger partial charge in [0.15, 0.2) is 46.3 Å². The molecule has 0 radical (unpaired) electrons. The number of nitrogens with zero attached hydrogens (tertiary/aromatic N) is 18. The first-order valence-electron chi connectivity index (χ1n) is 41.1. The number of aryl methyl sites for hydroxylation is 3. The number of phenolic OH excluding ortho intramolecular Hbond substituents is 3. The van der Waals surface area contributed by atoms with Gasteiger partial charge < -0.3 is 44.7 Å². The number of amides is 3. The Labute approximate surface area is 817 Å². The number of piperazine rings is 3. The number of aromatic nitrogens is 9. The van der Waals surface area contributed by atoms with Crippen molar-refractivity contribution in [2.75, 3.05) is 93.2 Å². The molecule has 3 aromatic carbocycles. The van der Waals surface area contributed by atoms with Crippen molar-refractivity contribution < 1.29 is 51.7 Å². The average Bonchev–Trinajstić information content (AvgIpc) is 0.728. The zero-order valence-electron chi connectivity index (χ0n) is 72.8. The normalized spacial score (nSPS) is 13.4. The van der Waals surface area contributed by atoms with E-state index in [0.717, 1.165) is 0 Å². The molecule has 15 rings (SSSR count). The molecule has 12 heterocycles. The second-order valence-electron chi connectivity index (χ2n) is 32.0. The maximum atomic E-state index is 15.4. The highest BCUT2D eigenvalue weighted by Gasteiger charge is 2.38. The molecule has 696 valence electrons. The van der Waals surface area contributed by atoms with Crippen LogP contribution in [0.15, 0.2) is 107 Å². The largest absolute Gasteiger partial charge is 0.505 e. The fraction of sp³-hybridized carbons (Fsp3) is 0.258. The number of fused-ring (bicyclic) bond motifs is 3. The standard InChI is InChI=1S/C31H25Cl4FN6O3.2C31H25Cl3F2N6O3/c1-5-19(43)40-8-10-41(11-9-40)28-16-12-18(32)26(20-21(33)24(36)23(35)29(44)22(20)34)39-30(16)42(31(45)17(28)13-37)27-15(4)6-7-38-25(27)14(2)3;2*1-5-19(43)40-8-10-41(11-9-40)28-16-12-18(32)26(20-21(33)29(44)22(34)24(36)23(20)35)39-30(16)42(31(45)17(28)13-37)27-15(4)6-7-38-25(27)14(2)3/h3*5-7,12,14,44H,1,8-11H2,2-4H3. The highest BCUT2D eigenvalue weighted by atomic mass is 35.5. The fourth-order valence-corrected chi connectivity index (χ4v) is 19.0. The first-order valence-corrected chi connectivity index (χ1v) is 44.9. The average molecular weight is 2040 g/mol. The number of halogens is 15. The molecular formula is C93H75Cl10F5N18O9. The molecule has 0 spiro atoms. The summed E-state index contributed by atoms with van der Waals surface area (Å²) in [6.45, 7) is 30.6. The van der Waals surface area contributed by atoms with Crippen molar-refractivity contribution in [2.24, 2.45) is 0 Å². The van der Waals surface area contributed by atoms with Crippen LogP contribution in [0.4, 0.5) is 39.0 Å². The molecule has 3 fully saturated rings. The topological polar surface area (TPSA) is 346 Å². The van der Waals surface area contributed by atoms with Crippen molar-refractivity contribution in [1.29, 1.82) is 15.8 Å². The lowest BCUT2D eigenvalue weighted by molar-refractivity contribution is -0.127. The van der Waals surface area contributed by atoms with Crippen molar-refractivity contribution in [3.05, 3.63) is 254 Å². The third kappa shape index (κ3) is 17.9. The number of carbonyl (C=O) groups excluding carboxylic acids is 3. The van der Waals surface area contributed by atoms with Crippen LogP contribution in [0.3, 0.4) is 0 Å². The van der Waals surface area contributed by atoms with E-state index < -0.39 is 109 Å². The van der Waals surface area contributed by atoms with E-state index in [4.69, 9.17) is 121 Å². The van der Waals surface area contributed by atoms with Crippen molar-refractivity contribution in [3.8, 4) is 86.3 Å². The Kier molecular flexibility index (Phi) is 29.9. The number of carbonyl (C=O) groups is 3. The van der Waals surface area contributed by atoms with Crippen LogP contribution >= 0.6 is 116 Å². The van der Waals surface area contributed by atoms with Crippen LogP contribution in [0.5, 0.6) is 17.2 Å². The van der Waals surface area contributed by atoms with E-state index in [-0.39, 0.29) is 187 Å². The minimum Gasteiger partial charge on any atom is -0.505 e. The Morgan fingerprint density at radius 2 is 0.622 bits per heavy atom. The van der Waals surface area contributed by atoms with E-state index >= 15 is 8.78 Å². The second-order valence-corrected chi connectivity index (χ2v) is 35.9. The number of phenols is 3. The number of aromatic hydroxyl groups is 3. The van der Waals surface area contributed by atoms with Gasteiger partial charge in [-0.2, -0.15) is 15.8 Å². The highest BCUT2D eigenvalue weighted by molar-refractivity contribution is 6.45. The monoisotopic (exact) mass is 2030 g/mol. The van der Waals surface area contributed by atoms with Crippen LogP contribution in [-0.2, 0) is 14.4 Å². The summed E-state index contributed by atoms with van der Waals surface area (Å²) in [4.78, 5) is 117. The van der Waals surface area contributed by atoms with Crippen LogP contribution < -0.4 is 31.4 Å². The Balaban J connectivity index is 0.000000171. The van der Waals surface area contributed by atoms with Gasteiger partial charge in [-0.05, 0) is 110 Å². The third-order valence-electron chi connectivity index (χ3n) is 23.0. The van der Waals surface area contributed by atoms with Crippen LogP contribution in [0.1, 0.15) is 110 Å². The third-order valence-corrected chi connectivity index (χ3v) is 26.4. The molecule has 27 nitrogen and oxygen atoms in total. The fourth-order valence-electron chi connectivity index (χ4n) is 16.4. The summed E-state index contributed by atoms with van der Waals surface area (Å²) in [5.41, 5.74) is 0.0778. The molecule has 12 aromatic rings. The number of pyridine rings is 9. The van der Waals surface area contributed by atoms with Gasteiger partial charge in [-0.3, -0.25) is 57.4 Å². The van der Waals surface area contributed by atoms with Crippen LogP contribution in [0.2, 0.25) is 50.2 Å². The lowest BCUT2D eigenvalue weighted by Crippen LogP contribution is -2.49. The van der Waals surface area contributed by atoms with Crippen molar-refractivity contribution in [1.82, 2.24) is 58.3 Å². The zero-order chi connectivity index (χ0) is 98.7. The summed E-state index contributed by atoms with van der Waals surface area (Å²) in [7, 11) is 0. The minimum absolute atomic E-state index is 0.0537. The second kappa shape index (κ2) is 40.3. The summed E-state index contributed by atoms with van der Waals surface area (Å²) >= 11 is 62.8.